The lowest BCUT2D eigenvalue weighted by atomic mass is 9.85. The standard InChI is InChI=1S/C29H25ClN2O4/c30-26-17-24(36-23-7-1-2-8-23)9-10-25(26)27(33)29(12-4-13-32-29)18-22-16-20(11-14-31-22)19-5-3-6-21(15-19)28(34)35/h3-6,9-17,23H,1-2,7-8,18H2,(H,34,35). The Morgan fingerprint density at radius 2 is 1.86 bits per heavy atom. The molecule has 182 valence electrons. The van der Waals surface area contributed by atoms with Crippen molar-refractivity contribution in [3.8, 4) is 16.9 Å². The van der Waals surface area contributed by atoms with Gasteiger partial charge in [0.25, 0.3) is 0 Å². The third-order valence-corrected chi connectivity index (χ3v) is 6.97. The fraction of sp³-hybridized carbons (Fsp3) is 0.241. The van der Waals surface area contributed by atoms with Gasteiger partial charge in [-0.25, -0.2) is 4.79 Å². The molecule has 1 aliphatic heterocycles. The molecule has 5 rings (SSSR count). The molecule has 1 fully saturated rings. The summed E-state index contributed by atoms with van der Waals surface area (Å²) in [7, 11) is 0. The minimum Gasteiger partial charge on any atom is -0.490 e. The van der Waals surface area contributed by atoms with Crippen LogP contribution in [0.5, 0.6) is 5.75 Å². The predicted molar refractivity (Wildman–Crippen MR) is 139 cm³/mol. The molecule has 2 aliphatic rings. The van der Waals surface area contributed by atoms with Gasteiger partial charge in [-0.15, -0.1) is 0 Å². The van der Waals surface area contributed by atoms with Crippen LogP contribution in [0.3, 0.4) is 0 Å². The summed E-state index contributed by atoms with van der Waals surface area (Å²) in [4.78, 5) is 34.1. The SMILES string of the molecule is O=C(O)c1cccc(-c2ccnc(CC3(C(=O)c4ccc(OC5CCCC5)cc4Cl)C=CC=N3)c2)c1. The molecular weight excluding hydrogens is 476 g/mol. The van der Waals surface area contributed by atoms with Gasteiger partial charge >= 0.3 is 5.97 Å². The van der Waals surface area contributed by atoms with Crippen molar-refractivity contribution in [2.24, 2.45) is 4.99 Å². The fourth-order valence-corrected chi connectivity index (χ4v) is 5.04. The topological polar surface area (TPSA) is 88.8 Å². The van der Waals surface area contributed by atoms with Gasteiger partial charge in [-0.05, 0) is 91.4 Å². The van der Waals surface area contributed by atoms with Crippen LogP contribution in [0.2, 0.25) is 5.02 Å². The number of nitrogens with zero attached hydrogens (tertiary/aromatic N) is 2. The molecule has 7 heteroatoms. The van der Waals surface area contributed by atoms with Crippen molar-refractivity contribution in [2.75, 3.05) is 0 Å². The van der Waals surface area contributed by atoms with Crippen LogP contribution in [-0.2, 0) is 6.42 Å². The molecule has 0 spiro atoms. The largest absolute Gasteiger partial charge is 0.490 e. The minimum absolute atomic E-state index is 0.200. The Balaban J connectivity index is 1.40. The third-order valence-electron chi connectivity index (χ3n) is 6.66. The zero-order valence-electron chi connectivity index (χ0n) is 19.6. The first-order valence-corrected chi connectivity index (χ1v) is 12.3. The molecule has 6 nitrogen and oxygen atoms in total. The Bertz CT molecular complexity index is 1360. The zero-order valence-corrected chi connectivity index (χ0v) is 20.3. The molecule has 1 N–H and O–H groups in total. The highest BCUT2D eigenvalue weighted by atomic mass is 35.5. The lowest BCUT2D eigenvalue weighted by Crippen LogP contribution is -2.36. The Morgan fingerprint density at radius 3 is 2.58 bits per heavy atom. The van der Waals surface area contributed by atoms with E-state index in [1.165, 1.54) is 12.8 Å². The van der Waals surface area contributed by atoms with Crippen molar-refractivity contribution in [3.05, 3.63) is 94.8 Å². The highest BCUT2D eigenvalue weighted by Gasteiger charge is 2.39. The number of ketones is 1. The molecule has 3 aromatic rings. The van der Waals surface area contributed by atoms with E-state index in [-0.39, 0.29) is 23.9 Å². The number of hydrogen-bond acceptors (Lipinski definition) is 5. The number of aromatic nitrogens is 1. The molecule has 0 radical (unpaired) electrons. The van der Waals surface area contributed by atoms with E-state index < -0.39 is 11.5 Å². The van der Waals surface area contributed by atoms with Gasteiger partial charge < -0.3 is 9.84 Å². The molecule has 2 heterocycles. The number of aromatic carboxylic acids is 1. The maximum atomic E-state index is 13.7. The van der Waals surface area contributed by atoms with Crippen LogP contribution in [0, 0.1) is 0 Å². The lowest BCUT2D eigenvalue weighted by Gasteiger charge is -2.24. The van der Waals surface area contributed by atoms with Crippen LogP contribution < -0.4 is 4.74 Å². The molecule has 0 amide bonds. The average Bonchev–Trinajstić information content (AvgIpc) is 3.57. The van der Waals surface area contributed by atoms with Crippen LogP contribution in [-0.4, -0.2) is 39.7 Å². The molecule has 1 aromatic heterocycles. The first kappa shape index (κ1) is 23.9. The molecule has 1 saturated carbocycles. The van der Waals surface area contributed by atoms with E-state index in [2.05, 4.69) is 9.98 Å². The van der Waals surface area contributed by atoms with Crippen molar-refractivity contribution >= 4 is 29.6 Å². The molecule has 0 bridgehead atoms. The van der Waals surface area contributed by atoms with E-state index in [0.29, 0.717) is 22.0 Å². The van der Waals surface area contributed by atoms with E-state index in [1.54, 1.807) is 61.0 Å². The van der Waals surface area contributed by atoms with E-state index in [0.717, 1.165) is 24.0 Å². The Morgan fingerprint density at radius 1 is 1.06 bits per heavy atom. The number of ether oxygens (including phenoxy) is 1. The van der Waals surface area contributed by atoms with Crippen molar-refractivity contribution in [1.29, 1.82) is 0 Å². The summed E-state index contributed by atoms with van der Waals surface area (Å²) in [6, 6.07) is 15.6. The van der Waals surface area contributed by atoms with Gasteiger partial charge in [-0.3, -0.25) is 14.8 Å². The van der Waals surface area contributed by atoms with Gasteiger partial charge in [0.2, 0.25) is 0 Å². The van der Waals surface area contributed by atoms with Gasteiger partial charge in [0.1, 0.15) is 11.3 Å². The molecule has 1 unspecified atom stereocenters. The normalized spacial score (nSPS) is 19.0. The van der Waals surface area contributed by atoms with E-state index in [1.807, 2.05) is 18.2 Å². The first-order chi connectivity index (χ1) is 17.4. The van der Waals surface area contributed by atoms with Crippen LogP contribution in [0.15, 0.2) is 77.9 Å². The summed E-state index contributed by atoms with van der Waals surface area (Å²) >= 11 is 6.56. The van der Waals surface area contributed by atoms with Crippen molar-refractivity contribution < 1.29 is 19.4 Å². The zero-order chi connectivity index (χ0) is 25.1. The van der Waals surface area contributed by atoms with E-state index >= 15 is 0 Å². The average molecular weight is 501 g/mol. The maximum absolute atomic E-state index is 13.7. The maximum Gasteiger partial charge on any atom is 0.335 e. The molecule has 1 aliphatic carbocycles. The summed E-state index contributed by atoms with van der Waals surface area (Å²) in [6.07, 6.45) is 11.6. The summed E-state index contributed by atoms with van der Waals surface area (Å²) in [5, 5.41) is 9.65. The molecule has 1 atom stereocenters. The number of Topliss-reactive ketones (excluding diaryl/α,β-unsaturated/α-hetero) is 1. The van der Waals surface area contributed by atoms with Gasteiger partial charge in [0, 0.05) is 30.1 Å². The highest BCUT2D eigenvalue weighted by molar-refractivity contribution is 6.34. The molecule has 36 heavy (non-hydrogen) atoms. The van der Waals surface area contributed by atoms with Crippen molar-refractivity contribution in [3.63, 3.8) is 0 Å². The minimum atomic E-state index is -1.16. The van der Waals surface area contributed by atoms with Crippen LogP contribution in [0.4, 0.5) is 0 Å². The predicted octanol–water partition coefficient (Wildman–Crippen LogP) is 6.23. The molecule has 2 aromatic carbocycles. The molecule has 0 saturated heterocycles. The van der Waals surface area contributed by atoms with Gasteiger partial charge in [0.15, 0.2) is 5.78 Å². The summed E-state index contributed by atoms with van der Waals surface area (Å²) in [5.74, 6) is -0.538. The summed E-state index contributed by atoms with van der Waals surface area (Å²) in [6.45, 7) is 0. The van der Waals surface area contributed by atoms with Gasteiger partial charge in [-0.1, -0.05) is 23.7 Å². The van der Waals surface area contributed by atoms with Gasteiger partial charge in [0.05, 0.1) is 16.7 Å². The smallest absolute Gasteiger partial charge is 0.335 e. The highest BCUT2D eigenvalue weighted by Crippen LogP contribution is 2.33. The number of aliphatic imine (C=N–C) groups is 1. The Hall–Kier alpha value is -3.77. The number of carbonyl (C=O) groups excluding carboxylic acids is 1. The van der Waals surface area contributed by atoms with Crippen LogP contribution >= 0.6 is 11.6 Å². The second-order valence-corrected chi connectivity index (χ2v) is 9.56. The summed E-state index contributed by atoms with van der Waals surface area (Å²) in [5.41, 5.74) is 1.64. The number of benzene rings is 2. The second-order valence-electron chi connectivity index (χ2n) is 9.16. The second kappa shape index (κ2) is 10.1. The number of carbonyl (C=O) groups is 2. The number of halogens is 1. The number of rotatable bonds is 8. The van der Waals surface area contributed by atoms with Crippen molar-refractivity contribution in [1.82, 2.24) is 4.98 Å². The monoisotopic (exact) mass is 500 g/mol. The number of allylic oxidation sites excluding steroid dienone is 1. The fourth-order valence-electron chi connectivity index (χ4n) is 4.79. The number of pyridine rings is 1. The van der Waals surface area contributed by atoms with Crippen molar-refractivity contribution in [2.45, 2.75) is 43.7 Å². The van der Waals surface area contributed by atoms with Crippen LogP contribution in [0.25, 0.3) is 11.1 Å². The Labute approximate surface area is 214 Å². The number of hydrogen-bond donors (Lipinski definition) is 1. The lowest BCUT2D eigenvalue weighted by molar-refractivity contribution is 0.0696. The Kier molecular flexibility index (Phi) is 6.70. The van der Waals surface area contributed by atoms with E-state index in [9.17, 15) is 14.7 Å². The number of carboxylic acids is 1. The van der Waals surface area contributed by atoms with Crippen LogP contribution in [0.1, 0.15) is 52.1 Å². The summed E-state index contributed by atoms with van der Waals surface area (Å²) < 4.78 is 6.03. The van der Waals surface area contributed by atoms with Gasteiger partial charge in [-0.2, -0.15) is 0 Å². The third kappa shape index (κ3) is 4.95. The van der Waals surface area contributed by atoms with E-state index in [4.69, 9.17) is 16.3 Å². The number of carboxylic acid groups (broad SMARTS) is 1. The molecular formula is C29H25ClN2O4. The first-order valence-electron chi connectivity index (χ1n) is 12.0. The quantitative estimate of drug-likeness (QED) is 0.370.